The van der Waals surface area contributed by atoms with E-state index in [1.54, 1.807) is 0 Å². The van der Waals surface area contributed by atoms with Crippen molar-refractivity contribution in [2.45, 2.75) is 77.5 Å². The Labute approximate surface area is 100 Å². The van der Waals surface area contributed by atoms with Gasteiger partial charge in [0.1, 0.15) is 0 Å². The van der Waals surface area contributed by atoms with Crippen LogP contribution in [0.2, 0.25) is 0 Å². The molecule has 1 N–H and O–H groups in total. The van der Waals surface area contributed by atoms with Crippen molar-refractivity contribution in [3.8, 4) is 0 Å². The fourth-order valence-electron chi connectivity index (χ4n) is 2.91. The van der Waals surface area contributed by atoms with Gasteiger partial charge in [0, 0.05) is 18.6 Å². The number of likely N-dealkylation sites (tertiary alicyclic amines) is 1. The zero-order chi connectivity index (χ0) is 12.0. The number of aliphatic hydroxyl groups is 1. The molecule has 0 bridgehead atoms. The van der Waals surface area contributed by atoms with E-state index in [1.807, 2.05) is 0 Å². The van der Waals surface area contributed by atoms with Gasteiger partial charge in [-0.1, -0.05) is 20.8 Å². The predicted molar refractivity (Wildman–Crippen MR) is 67.4 cm³/mol. The number of rotatable bonds is 3. The first kappa shape index (κ1) is 12.4. The Morgan fingerprint density at radius 2 is 1.94 bits per heavy atom. The monoisotopic (exact) mass is 225 g/mol. The summed E-state index contributed by atoms with van der Waals surface area (Å²) in [6.45, 7) is 9.95. The molecule has 0 aromatic rings. The number of nitrogens with zero attached hydrogens (tertiary/aromatic N) is 1. The third-order valence-corrected chi connectivity index (χ3v) is 4.07. The van der Waals surface area contributed by atoms with Crippen molar-refractivity contribution in [3.63, 3.8) is 0 Å². The molecule has 0 aromatic carbocycles. The van der Waals surface area contributed by atoms with E-state index < -0.39 is 5.60 Å². The molecule has 0 radical (unpaired) electrons. The van der Waals surface area contributed by atoms with Crippen LogP contribution in [0.25, 0.3) is 0 Å². The van der Waals surface area contributed by atoms with Crippen molar-refractivity contribution in [1.82, 2.24) is 4.90 Å². The lowest BCUT2D eigenvalue weighted by molar-refractivity contribution is 0.0290. The standard InChI is InChI=1S/C14H27NO/c1-11-9-14(16,8-7-13(2,3)4)10-15(11)12-5-6-12/h11-12,16H,5-10H2,1-4H3. The van der Waals surface area contributed by atoms with Gasteiger partial charge in [0.2, 0.25) is 0 Å². The fraction of sp³-hybridized carbons (Fsp3) is 1.00. The molecule has 1 saturated heterocycles. The summed E-state index contributed by atoms with van der Waals surface area (Å²) in [4.78, 5) is 2.53. The van der Waals surface area contributed by atoms with E-state index in [0.29, 0.717) is 11.5 Å². The molecular formula is C14H27NO. The first-order valence-electron chi connectivity index (χ1n) is 6.77. The van der Waals surface area contributed by atoms with Crippen LogP contribution in [-0.4, -0.2) is 34.2 Å². The van der Waals surface area contributed by atoms with Crippen molar-refractivity contribution in [2.24, 2.45) is 5.41 Å². The lowest BCUT2D eigenvalue weighted by atomic mass is 9.84. The van der Waals surface area contributed by atoms with E-state index in [1.165, 1.54) is 12.8 Å². The third kappa shape index (κ3) is 2.98. The predicted octanol–water partition coefficient (Wildman–Crippen LogP) is 2.80. The highest BCUT2D eigenvalue weighted by atomic mass is 16.3. The lowest BCUT2D eigenvalue weighted by Gasteiger charge is -2.27. The highest BCUT2D eigenvalue weighted by Gasteiger charge is 2.45. The van der Waals surface area contributed by atoms with Crippen molar-refractivity contribution in [1.29, 1.82) is 0 Å². The zero-order valence-electron chi connectivity index (χ0n) is 11.3. The molecule has 1 heterocycles. The second-order valence-electron chi connectivity index (χ2n) is 7.24. The summed E-state index contributed by atoms with van der Waals surface area (Å²) in [6.07, 6.45) is 5.75. The Hall–Kier alpha value is -0.0800. The van der Waals surface area contributed by atoms with E-state index in [2.05, 4.69) is 32.6 Å². The largest absolute Gasteiger partial charge is 0.388 e. The molecule has 0 aromatic heterocycles. The molecule has 2 atom stereocenters. The van der Waals surface area contributed by atoms with Crippen LogP contribution in [0.1, 0.15) is 59.8 Å². The second kappa shape index (κ2) is 3.99. The Morgan fingerprint density at radius 1 is 1.31 bits per heavy atom. The summed E-state index contributed by atoms with van der Waals surface area (Å²) in [5, 5.41) is 10.6. The Balaban J connectivity index is 1.88. The SMILES string of the molecule is CC1CC(O)(CCC(C)(C)C)CN1C1CC1. The van der Waals surface area contributed by atoms with E-state index in [0.717, 1.165) is 31.8 Å². The van der Waals surface area contributed by atoms with Crippen LogP contribution in [0.4, 0.5) is 0 Å². The van der Waals surface area contributed by atoms with Crippen LogP contribution < -0.4 is 0 Å². The average Bonchev–Trinajstić information content (AvgIpc) is 2.90. The number of hydrogen-bond donors (Lipinski definition) is 1. The number of β-amino-alcohol motifs (C(OH)–C–C–N with tert-alkyl or cyclic N) is 1. The van der Waals surface area contributed by atoms with E-state index in [9.17, 15) is 5.11 Å². The summed E-state index contributed by atoms with van der Waals surface area (Å²) in [5.74, 6) is 0. The van der Waals surface area contributed by atoms with Gasteiger partial charge in [0.15, 0.2) is 0 Å². The molecule has 0 spiro atoms. The Bertz CT molecular complexity index is 254. The van der Waals surface area contributed by atoms with Gasteiger partial charge in [0.25, 0.3) is 0 Å². The van der Waals surface area contributed by atoms with E-state index in [-0.39, 0.29) is 0 Å². The quantitative estimate of drug-likeness (QED) is 0.798. The smallest absolute Gasteiger partial charge is 0.0789 e. The molecule has 1 saturated carbocycles. The minimum absolute atomic E-state index is 0.339. The zero-order valence-corrected chi connectivity index (χ0v) is 11.3. The van der Waals surface area contributed by atoms with Crippen LogP contribution in [0.5, 0.6) is 0 Å². The fourth-order valence-corrected chi connectivity index (χ4v) is 2.91. The molecule has 1 aliphatic heterocycles. The van der Waals surface area contributed by atoms with Crippen LogP contribution in [0.15, 0.2) is 0 Å². The minimum atomic E-state index is -0.407. The molecule has 94 valence electrons. The van der Waals surface area contributed by atoms with Gasteiger partial charge >= 0.3 is 0 Å². The summed E-state index contributed by atoms with van der Waals surface area (Å²) < 4.78 is 0. The average molecular weight is 225 g/mol. The molecule has 2 heteroatoms. The van der Waals surface area contributed by atoms with Gasteiger partial charge in [-0.3, -0.25) is 4.90 Å². The molecule has 2 rings (SSSR count). The Kier molecular flexibility index (Phi) is 3.09. The van der Waals surface area contributed by atoms with Gasteiger partial charge in [0.05, 0.1) is 5.60 Å². The maximum absolute atomic E-state index is 10.6. The Morgan fingerprint density at radius 3 is 2.44 bits per heavy atom. The van der Waals surface area contributed by atoms with Gasteiger partial charge in [-0.05, 0) is 44.4 Å². The van der Waals surface area contributed by atoms with Crippen molar-refractivity contribution >= 4 is 0 Å². The summed E-state index contributed by atoms with van der Waals surface area (Å²) in [5.41, 5.74) is -0.0682. The highest BCUT2D eigenvalue weighted by Crippen LogP contribution is 2.40. The van der Waals surface area contributed by atoms with Gasteiger partial charge < -0.3 is 5.11 Å². The molecule has 0 amide bonds. The van der Waals surface area contributed by atoms with Crippen LogP contribution in [-0.2, 0) is 0 Å². The van der Waals surface area contributed by atoms with Crippen molar-refractivity contribution in [3.05, 3.63) is 0 Å². The normalized spacial score (nSPS) is 36.9. The maximum Gasteiger partial charge on any atom is 0.0789 e. The molecule has 16 heavy (non-hydrogen) atoms. The van der Waals surface area contributed by atoms with Gasteiger partial charge in [-0.25, -0.2) is 0 Å². The van der Waals surface area contributed by atoms with Gasteiger partial charge in [-0.2, -0.15) is 0 Å². The van der Waals surface area contributed by atoms with E-state index in [4.69, 9.17) is 0 Å². The van der Waals surface area contributed by atoms with Crippen LogP contribution in [0.3, 0.4) is 0 Å². The molecule has 2 aliphatic rings. The first-order chi connectivity index (χ1) is 7.29. The topological polar surface area (TPSA) is 23.5 Å². The summed E-state index contributed by atoms with van der Waals surface area (Å²) in [6, 6.07) is 1.37. The summed E-state index contributed by atoms with van der Waals surface area (Å²) >= 11 is 0. The molecule has 2 nitrogen and oxygen atoms in total. The van der Waals surface area contributed by atoms with Gasteiger partial charge in [-0.15, -0.1) is 0 Å². The van der Waals surface area contributed by atoms with Crippen molar-refractivity contribution in [2.75, 3.05) is 6.54 Å². The third-order valence-electron chi connectivity index (χ3n) is 4.07. The summed E-state index contributed by atoms with van der Waals surface area (Å²) in [7, 11) is 0. The molecule has 1 aliphatic carbocycles. The van der Waals surface area contributed by atoms with Crippen LogP contribution in [0, 0.1) is 5.41 Å². The molecular weight excluding hydrogens is 198 g/mol. The maximum atomic E-state index is 10.6. The molecule has 2 fully saturated rings. The first-order valence-corrected chi connectivity index (χ1v) is 6.77. The number of hydrogen-bond acceptors (Lipinski definition) is 2. The second-order valence-corrected chi connectivity index (χ2v) is 7.24. The minimum Gasteiger partial charge on any atom is -0.388 e. The van der Waals surface area contributed by atoms with Crippen LogP contribution >= 0.6 is 0 Å². The van der Waals surface area contributed by atoms with Crippen molar-refractivity contribution < 1.29 is 5.11 Å². The lowest BCUT2D eigenvalue weighted by Crippen LogP contribution is -2.35. The molecule has 2 unspecified atom stereocenters. The highest BCUT2D eigenvalue weighted by molar-refractivity contribution is 5.00. The van der Waals surface area contributed by atoms with E-state index >= 15 is 0 Å².